The van der Waals surface area contributed by atoms with Gasteiger partial charge in [0, 0.05) is 31.0 Å². The van der Waals surface area contributed by atoms with Gasteiger partial charge in [0.1, 0.15) is 5.82 Å². The molecule has 116 valence electrons. The number of para-hydroxylation sites is 1. The molecule has 1 aliphatic heterocycles. The molecule has 1 unspecified atom stereocenters. The number of hydrogen-bond acceptors (Lipinski definition) is 3. The molecule has 2 aromatic rings. The summed E-state index contributed by atoms with van der Waals surface area (Å²) in [4.78, 5) is 5.95. The van der Waals surface area contributed by atoms with Gasteiger partial charge >= 0.3 is 6.18 Å². The van der Waals surface area contributed by atoms with Gasteiger partial charge in [-0.2, -0.15) is 13.2 Å². The molecule has 1 N–H and O–H groups in total. The van der Waals surface area contributed by atoms with Crippen molar-refractivity contribution in [3.63, 3.8) is 0 Å². The van der Waals surface area contributed by atoms with E-state index in [1.165, 1.54) is 6.07 Å². The summed E-state index contributed by atoms with van der Waals surface area (Å²) < 4.78 is 37.6. The molecule has 6 heteroatoms. The van der Waals surface area contributed by atoms with E-state index in [0.717, 1.165) is 37.5 Å². The number of hydrogen-bond donors (Lipinski definition) is 1. The Bertz CT molecular complexity index is 611. The lowest BCUT2D eigenvalue weighted by molar-refractivity contribution is -0.137. The number of halogens is 3. The Labute approximate surface area is 126 Å². The predicted molar refractivity (Wildman–Crippen MR) is 79.9 cm³/mol. The summed E-state index contributed by atoms with van der Waals surface area (Å²) in [6.07, 6.45) is -2.52. The predicted octanol–water partition coefficient (Wildman–Crippen LogP) is 3.79. The van der Waals surface area contributed by atoms with Crippen molar-refractivity contribution in [1.29, 1.82) is 0 Å². The fourth-order valence-corrected chi connectivity index (χ4v) is 2.60. The number of aromatic nitrogens is 1. The standard InChI is InChI=1S/C16H16F3N3/c17-16(18,19)12-6-7-15(20-10-12)22-9-8-14(11-22)21-13-4-2-1-3-5-13/h1-7,10,14,21H,8-9,11H2. The number of rotatable bonds is 3. The number of benzene rings is 1. The first-order valence-electron chi connectivity index (χ1n) is 7.12. The topological polar surface area (TPSA) is 28.2 Å². The van der Waals surface area contributed by atoms with Gasteiger partial charge in [0.25, 0.3) is 0 Å². The van der Waals surface area contributed by atoms with E-state index in [1.807, 2.05) is 35.2 Å². The lowest BCUT2D eigenvalue weighted by atomic mass is 10.2. The third kappa shape index (κ3) is 3.32. The minimum atomic E-state index is -4.34. The van der Waals surface area contributed by atoms with Crippen molar-refractivity contribution in [2.75, 3.05) is 23.3 Å². The minimum absolute atomic E-state index is 0.270. The average molecular weight is 307 g/mol. The second kappa shape index (κ2) is 5.87. The number of nitrogens with zero attached hydrogens (tertiary/aromatic N) is 2. The number of nitrogens with one attached hydrogen (secondary N) is 1. The third-order valence-electron chi connectivity index (χ3n) is 3.73. The van der Waals surface area contributed by atoms with Gasteiger partial charge in [-0.15, -0.1) is 0 Å². The highest BCUT2D eigenvalue weighted by molar-refractivity contribution is 5.47. The van der Waals surface area contributed by atoms with Crippen LogP contribution in [-0.4, -0.2) is 24.1 Å². The summed E-state index contributed by atoms with van der Waals surface area (Å²) in [5, 5.41) is 3.43. The Morgan fingerprint density at radius 1 is 1.09 bits per heavy atom. The van der Waals surface area contributed by atoms with Gasteiger partial charge in [-0.05, 0) is 30.7 Å². The van der Waals surface area contributed by atoms with E-state index in [-0.39, 0.29) is 6.04 Å². The Morgan fingerprint density at radius 3 is 2.50 bits per heavy atom. The average Bonchev–Trinajstić information content (AvgIpc) is 2.96. The molecule has 2 heterocycles. The Balaban J connectivity index is 1.63. The van der Waals surface area contributed by atoms with Crippen molar-refractivity contribution in [2.24, 2.45) is 0 Å². The Kier molecular flexibility index (Phi) is 3.92. The van der Waals surface area contributed by atoms with Gasteiger partial charge in [-0.25, -0.2) is 4.98 Å². The van der Waals surface area contributed by atoms with Crippen LogP contribution in [0.1, 0.15) is 12.0 Å². The molecule has 0 radical (unpaired) electrons. The van der Waals surface area contributed by atoms with Crippen LogP contribution in [0.3, 0.4) is 0 Å². The maximum Gasteiger partial charge on any atom is 0.417 e. The maximum atomic E-state index is 12.5. The summed E-state index contributed by atoms with van der Waals surface area (Å²) in [5.41, 5.74) is 0.337. The van der Waals surface area contributed by atoms with E-state index in [0.29, 0.717) is 5.82 Å². The number of anilines is 2. The third-order valence-corrected chi connectivity index (χ3v) is 3.73. The van der Waals surface area contributed by atoms with Crippen molar-refractivity contribution in [1.82, 2.24) is 4.98 Å². The van der Waals surface area contributed by atoms with E-state index >= 15 is 0 Å². The molecule has 0 spiro atoms. The van der Waals surface area contributed by atoms with Crippen LogP contribution in [0.4, 0.5) is 24.7 Å². The highest BCUT2D eigenvalue weighted by atomic mass is 19.4. The second-order valence-electron chi connectivity index (χ2n) is 5.34. The number of alkyl halides is 3. The molecular formula is C16H16F3N3. The van der Waals surface area contributed by atoms with Crippen molar-refractivity contribution < 1.29 is 13.2 Å². The Hall–Kier alpha value is -2.24. The molecule has 1 aromatic carbocycles. The van der Waals surface area contributed by atoms with Crippen LogP contribution in [0.25, 0.3) is 0 Å². The van der Waals surface area contributed by atoms with Crippen molar-refractivity contribution >= 4 is 11.5 Å². The number of pyridine rings is 1. The maximum absolute atomic E-state index is 12.5. The van der Waals surface area contributed by atoms with Gasteiger partial charge < -0.3 is 10.2 Å². The molecule has 0 saturated carbocycles. The minimum Gasteiger partial charge on any atom is -0.380 e. The zero-order chi connectivity index (χ0) is 15.6. The fraction of sp³-hybridized carbons (Fsp3) is 0.312. The summed E-state index contributed by atoms with van der Waals surface area (Å²) in [5.74, 6) is 0.588. The zero-order valence-electron chi connectivity index (χ0n) is 11.8. The van der Waals surface area contributed by atoms with Gasteiger partial charge in [0.15, 0.2) is 0 Å². The van der Waals surface area contributed by atoms with Crippen molar-refractivity contribution in [3.05, 3.63) is 54.2 Å². The summed E-state index contributed by atoms with van der Waals surface area (Å²) in [6, 6.07) is 12.7. The molecule has 22 heavy (non-hydrogen) atoms. The van der Waals surface area contributed by atoms with Gasteiger partial charge in [0.05, 0.1) is 5.56 Å². The monoisotopic (exact) mass is 307 g/mol. The molecule has 1 saturated heterocycles. The molecule has 3 rings (SSSR count). The largest absolute Gasteiger partial charge is 0.417 e. The first-order chi connectivity index (χ1) is 10.5. The molecule has 3 nitrogen and oxygen atoms in total. The highest BCUT2D eigenvalue weighted by Crippen LogP contribution is 2.30. The summed E-state index contributed by atoms with van der Waals surface area (Å²) in [7, 11) is 0. The normalized spacial score (nSPS) is 18.5. The van der Waals surface area contributed by atoms with E-state index in [1.54, 1.807) is 0 Å². The molecule has 1 aliphatic rings. The van der Waals surface area contributed by atoms with Crippen molar-refractivity contribution in [3.8, 4) is 0 Å². The van der Waals surface area contributed by atoms with Crippen LogP contribution in [0.15, 0.2) is 48.7 Å². The van der Waals surface area contributed by atoms with Gasteiger partial charge in [-0.1, -0.05) is 18.2 Å². The van der Waals surface area contributed by atoms with Gasteiger partial charge in [0.2, 0.25) is 0 Å². The molecule has 0 amide bonds. The molecule has 0 bridgehead atoms. The zero-order valence-corrected chi connectivity index (χ0v) is 11.8. The second-order valence-corrected chi connectivity index (χ2v) is 5.34. The fourth-order valence-electron chi connectivity index (χ4n) is 2.60. The molecule has 1 atom stereocenters. The summed E-state index contributed by atoms with van der Waals surface area (Å²) in [6.45, 7) is 1.51. The van der Waals surface area contributed by atoms with E-state index in [4.69, 9.17) is 0 Å². The SMILES string of the molecule is FC(F)(F)c1ccc(N2CCC(Nc3ccccc3)C2)nc1. The quantitative estimate of drug-likeness (QED) is 0.935. The van der Waals surface area contributed by atoms with Crippen molar-refractivity contribution in [2.45, 2.75) is 18.6 Å². The molecular weight excluding hydrogens is 291 g/mol. The van der Waals surface area contributed by atoms with Crippen LogP contribution in [0, 0.1) is 0 Å². The van der Waals surface area contributed by atoms with E-state index in [2.05, 4.69) is 10.3 Å². The van der Waals surface area contributed by atoms with Gasteiger partial charge in [-0.3, -0.25) is 0 Å². The summed E-state index contributed by atoms with van der Waals surface area (Å²) >= 11 is 0. The van der Waals surface area contributed by atoms with Crippen LogP contribution in [-0.2, 0) is 6.18 Å². The van der Waals surface area contributed by atoms with Crippen LogP contribution in [0.5, 0.6) is 0 Å². The molecule has 1 fully saturated rings. The highest BCUT2D eigenvalue weighted by Gasteiger charge is 2.31. The van der Waals surface area contributed by atoms with Crippen LogP contribution < -0.4 is 10.2 Å². The lowest BCUT2D eigenvalue weighted by Crippen LogP contribution is -2.26. The van der Waals surface area contributed by atoms with Crippen LogP contribution >= 0.6 is 0 Å². The molecule has 0 aliphatic carbocycles. The first kappa shape index (κ1) is 14.7. The lowest BCUT2D eigenvalue weighted by Gasteiger charge is -2.19. The smallest absolute Gasteiger partial charge is 0.380 e. The Morgan fingerprint density at radius 2 is 1.86 bits per heavy atom. The van der Waals surface area contributed by atoms with E-state index in [9.17, 15) is 13.2 Å². The van der Waals surface area contributed by atoms with Crippen LogP contribution in [0.2, 0.25) is 0 Å². The van der Waals surface area contributed by atoms with E-state index < -0.39 is 11.7 Å². The first-order valence-corrected chi connectivity index (χ1v) is 7.12. The molecule has 1 aromatic heterocycles.